The number of amides is 1. The van der Waals surface area contributed by atoms with Crippen LogP contribution in [0.4, 0.5) is 0 Å². The van der Waals surface area contributed by atoms with Crippen LogP contribution in [0.5, 0.6) is 0 Å². The van der Waals surface area contributed by atoms with Crippen molar-refractivity contribution < 1.29 is 30.0 Å². The van der Waals surface area contributed by atoms with Crippen LogP contribution in [-0.4, -0.2) is 62.5 Å². The summed E-state index contributed by atoms with van der Waals surface area (Å²) in [4.78, 5) is 21.6. The number of rotatable bonds is 6. The summed E-state index contributed by atoms with van der Waals surface area (Å²) >= 11 is 5.11. The number of carbonyl (C=O) groups excluding carboxylic acids is 2. The van der Waals surface area contributed by atoms with E-state index in [1.54, 1.807) is 0 Å². The molecule has 5 N–H and O–H groups in total. The predicted molar refractivity (Wildman–Crippen MR) is 53.6 cm³/mol. The van der Waals surface area contributed by atoms with Crippen LogP contribution in [0.3, 0.4) is 0 Å². The second kappa shape index (κ2) is 6.77. The summed E-state index contributed by atoms with van der Waals surface area (Å²) < 4.78 is 0. The zero-order chi connectivity index (χ0) is 12.9. The van der Waals surface area contributed by atoms with Gasteiger partial charge in [-0.15, -0.1) is 0 Å². The Labute approximate surface area is 96.6 Å². The molecule has 0 bridgehead atoms. The van der Waals surface area contributed by atoms with E-state index in [2.05, 4.69) is 0 Å². The first-order valence-corrected chi connectivity index (χ1v) is 4.80. The van der Waals surface area contributed by atoms with E-state index in [1.165, 1.54) is 0 Å². The molecule has 0 aliphatic carbocycles. The summed E-state index contributed by atoms with van der Waals surface area (Å²) in [7, 11) is 0. The summed E-state index contributed by atoms with van der Waals surface area (Å²) in [5.74, 6) is -0.635. The van der Waals surface area contributed by atoms with Crippen molar-refractivity contribution in [2.24, 2.45) is 0 Å². The highest BCUT2D eigenvalue weighted by Gasteiger charge is 2.35. The maximum Gasteiger partial charge on any atom is 0.246 e. The van der Waals surface area contributed by atoms with Crippen LogP contribution in [0, 0.1) is 0 Å². The fourth-order valence-electron chi connectivity index (χ4n) is 1.03. The van der Waals surface area contributed by atoms with Crippen molar-refractivity contribution in [1.29, 1.82) is 0 Å². The van der Waals surface area contributed by atoms with E-state index in [1.807, 2.05) is 5.32 Å². The number of aliphatic hydroxyl groups is 4. The number of carbonyl (C=O) groups is 2. The summed E-state index contributed by atoms with van der Waals surface area (Å²) in [5.41, 5.74) is 0. The standard InChI is InChI=1S/C8H14ClNO6/c1-3(12)10-5(8(9)16)7(15)6(14)4(13)2-11/h4-7,11,13-15H,2H2,1H3,(H,10,12)/t4-,5-,6-,7-/m1/s1. The minimum absolute atomic E-state index is 0.635. The highest BCUT2D eigenvalue weighted by Crippen LogP contribution is 2.07. The lowest BCUT2D eigenvalue weighted by Crippen LogP contribution is -2.54. The van der Waals surface area contributed by atoms with Gasteiger partial charge in [0.15, 0.2) is 0 Å². The number of nitrogens with one attached hydrogen (secondary N) is 1. The summed E-state index contributed by atoms with van der Waals surface area (Å²) in [6, 6.07) is -1.55. The molecule has 0 unspecified atom stereocenters. The number of halogens is 1. The van der Waals surface area contributed by atoms with Gasteiger partial charge in [0.2, 0.25) is 11.1 Å². The molecule has 16 heavy (non-hydrogen) atoms. The van der Waals surface area contributed by atoms with Crippen LogP contribution in [0.1, 0.15) is 6.92 Å². The quantitative estimate of drug-likeness (QED) is 0.330. The Morgan fingerprint density at radius 2 is 1.75 bits per heavy atom. The minimum atomic E-state index is -1.81. The van der Waals surface area contributed by atoms with Crippen LogP contribution < -0.4 is 5.32 Å². The average Bonchev–Trinajstić information content (AvgIpc) is 2.22. The lowest BCUT2D eigenvalue weighted by Gasteiger charge is -2.26. The molecule has 0 radical (unpaired) electrons. The Hall–Kier alpha value is -0.730. The van der Waals surface area contributed by atoms with Gasteiger partial charge < -0.3 is 25.7 Å². The predicted octanol–water partition coefficient (Wildman–Crippen LogP) is -2.67. The second-order valence-corrected chi connectivity index (χ2v) is 3.59. The van der Waals surface area contributed by atoms with Crippen molar-refractivity contribution in [2.45, 2.75) is 31.3 Å². The van der Waals surface area contributed by atoms with Crippen LogP contribution in [0.15, 0.2) is 0 Å². The van der Waals surface area contributed by atoms with Crippen molar-refractivity contribution in [3.8, 4) is 0 Å². The topological polar surface area (TPSA) is 127 Å². The van der Waals surface area contributed by atoms with E-state index >= 15 is 0 Å². The van der Waals surface area contributed by atoms with E-state index in [4.69, 9.17) is 21.8 Å². The van der Waals surface area contributed by atoms with Crippen LogP contribution in [0.2, 0.25) is 0 Å². The first-order valence-electron chi connectivity index (χ1n) is 4.42. The number of hydrogen-bond donors (Lipinski definition) is 5. The Morgan fingerprint density at radius 1 is 1.25 bits per heavy atom. The van der Waals surface area contributed by atoms with E-state index in [-0.39, 0.29) is 0 Å². The Kier molecular flexibility index (Phi) is 6.46. The molecule has 0 spiro atoms. The summed E-state index contributed by atoms with van der Waals surface area (Å²) in [6.07, 6.45) is -5.25. The van der Waals surface area contributed by atoms with Gasteiger partial charge in [0.25, 0.3) is 0 Å². The first kappa shape index (κ1) is 15.3. The fraction of sp³-hybridized carbons (Fsp3) is 0.750. The zero-order valence-electron chi connectivity index (χ0n) is 8.50. The fourth-order valence-corrected chi connectivity index (χ4v) is 1.21. The molecule has 0 aliphatic rings. The van der Waals surface area contributed by atoms with Gasteiger partial charge in [-0.05, 0) is 11.6 Å². The Morgan fingerprint density at radius 3 is 2.06 bits per heavy atom. The normalized spacial score (nSPS) is 18.4. The van der Waals surface area contributed by atoms with Crippen LogP contribution in [-0.2, 0) is 9.59 Å². The van der Waals surface area contributed by atoms with E-state index in [0.29, 0.717) is 0 Å². The van der Waals surface area contributed by atoms with Gasteiger partial charge in [0.05, 0.1) is 6.61 Å². The van der Waals surface area contributed by atoms with Gasteiger partial charge in [0.1, 0.15) is 24.4 Å². The Balaban J connectivity index is 4.66. The lowest BCUT2D eigenvalue weighted by molar-refractivity contribution is -0.131. The lowest BCUT2D eigenvalue weighted by atomic mass is 10.0. The van der Waals surface area contributed by atoms with Crippen LogP contribution >= 0.6 is 11.6 Å². The molecule has 0 heterocycles. The molecule has 0 rings (SSSR count). The summed E-state index contributed by atoms with van der Waals surface area (Å²) in [5, 5.41) is 37.2. The van der Waals surface area contributed by atoms with Crippen molar-refractivity contribution in [3.63, 3.8) is 0 Å². The maximum atomic E-state index is 10.9. The van der Waals surface area contributed by atoms with Crippen molar-refractivity contribution in [2.75, 3.05) is 6.61 Å². The van der Waals surface area contributed by atoms with Crippen LogP contribution in [0.25, 0.3) is 0 Å². The van der Waals surface area contributed by atoms with Gasteiger partial charge in [0, 0.05) is 6.92 Å². The number of aliphatic hydroxyl groups excluding tert-OH is 4. The molecule has 8 heteroatoms. The van der Waals surface area contributed by atoms with E-state index in [0.717, 1.165) is 6.92 Å². The monoisotopic (exact) mass is 255 g/mol. The second-order valence-electron chi connectivity index (χ2n) is 3.21. The highest BCUT2D eigenvalue weighted by molar-refractivity contribution is 6.65. The maximum absolute atomic E-state index is 10.9. The smallest absolute Gasteiger partial charge is 0.246 e. The third-order valence-corrected chi connectivity index (χ3v) is 2.11. The third kappa shape index (κ3) is 4.42. The van der Waals surface area contributed by atoms with Gasteiger partial charge >= 0.3 is 0 Å². The van der Waals surface area contributed by atoms with Crippen molar-refractivity contribution in [1.82, 2.24) is 5.32 Å². The third-order valence-electron chi connectivity index (χ3n) is 1.88. The molecule has 0 saturated heterocycles. The molecule has 1 amide bonds. The average molecular weight is 256 g/mol. The van der Waals surface area contributed by atoms with Crippen molar-refractivity contribution in [3.05, 3.63) is 0 Å². The first-order chi connectivity index (χ1) is 7.31. The minimum Gasteiger partial charge on any atom is -0.394 e. The molecule has 0 aromatic rings. The van der Waals surface area contributed by atoms with Gasteiger partial charge in [-0.25, -0.2) is 0 Å². The van der Waals surface area contributed by atoms with Gasteiger partial charge in [-0.3, -0.25) is 9.59 Å². The molecular weight excluding hydrogens is 242 g/mol. The van der Waals surface area contributed by atoms with Gasteiger partial charge in [-0.1, -0.05) is 0 Å². The SMILES string of the molecule is CC(=O)N[C@@H](C(=O)Cl)[C@@H](O)[C@H](O)[C@H](O)CO. The molecule has 4 atom stereocenters. The molecule has 0 fully saturated rings. The molecular formula is C8H14ClNO6. The molecule has 94 valence electrons. The van der Waals surface area contributed by atoms with Crippen molar-refractivity contribution >= 4 is 22.8 Å². The molecule has 0 aromatic heterocycles. The summed E-state index contributed by atoms with van der Waals surface area (Å²) in [6.45, 7) is 0.288. The van der Waals surface area contributed by atoms with E-state index < -0.39 is 42.1 Å². The largest absolute Gasteiger partial charge is 0.394 e. The molecule has 0 aliphatic heterocycles. The molecule has 0 aromatic carbocycles. The highest BCUT2D eigenvalue weighted by atomic mass is 35.5. The Bertz CT molecular complexity index is 261. The van der Waals surface area contributed by atoms with Gasteiger partial charge in [-0.2, -0.15) is 0 Å². The van der Waals surface area contributed by atoms with E-state index in [9.17, 15) is 19.8 Å². The number of hydrogen-bond acceptors (Lipinski definition) is 6. The molecule has 0 saturated carbocycles. The molecule has 7 nitrogen and oxygen atoms in total. The zero-order valence-corrected chi connectivity index (χ0v) is 9.26.